The molecule has 138 valence electrons. The summed E-state index contributed by atoms with van der Waals surface area (Å²) in [4.78, 5) is 37.1. The molecule has 1 amide bonds. The zero-order chi connectivity index (χ0) is 19.4. The Morgan fingerprint density at radius 1 is 1.27 bits per heavy atom. The molecule has 0 bridgehead atoms. The molecule has 0 N–H and O–H groups in total. The Kier molecular flexibility index (Phi) is 5.89. The third kappa shape index (κ3) is 3.50. The molecule has 0 aliphatic heterocycles. The average molecular weight is 360 g/mol. The molecule has 1 atom stereocenters. The third-order valence-electron chi connectivity index (χ3n) is 4.08. The van der Waals surface area contributed by atoms with Gasteiger partial charge in [-0.05, 0) is 25.3 Å². The molecule has 0 saturated heterocycles. The number of nitrogens with zero attached hydrogens (tertiary/aromatic N) is 2. The number of nitro groups is 1. The van der Waals surface area contributed by atoms with Crippen molar-refractivity contribution < 1.29 is 24.0 Å². The molecule has 0 radical (unpaired) electrons. The molecule has 0 fully saturated rings. The van der Waals surface area contributed by atoms with Crippen LogP contribution in [0.1, 0.15) is 12.5 Å². The van der Waals surface area contributed by atoms with Crippen LogP contribution < -0.4 is 4.90 Å². The van der Waals surface area contributed by atoms with Gasteiger partial charge in [-0.15, -0.1) is 0 Å². The summed E-state index contributed by atoms with van der Waals surface area (Å²) in [6.45, 7) is 2.72. The number of carbonyl (C=O) groups is 2. The van der Waals surface area contributed by atoms with E-state index in [4.69, 9.17) is 9.47 Å². The maximum atomic E-state index is 12.7. The van der Waals surface area contributed by atoms with Crippen LogP contribution in [0.4, 0.5) is 11.4 Å². The van der Waals surface area contributed by atoms with E-state index in [0.717, 1.165) is 10.3 Å². The quantitative estimate of drug-likeness (QED) is 0.446. The first kappa shape index (κ1) is 19.3. The second-order valence-electron chi connectivity index (χ2n) is 5.76. The van der Waals surface area contributed by atoms with Crippen molar-refractivity contribution in [1.82, 2.24) is 0 Å². The summed E-state index contributed by atoms with van der Waals surface area (Å²) in [7, 11) is 2.53. The highest BCUT2D eigenvalue weighted by atomic mass is 16.6. The van der Waals surface area contributed by atoms with Crippen LogP contribution in [0.25, 0.3) is 10.8 Å². The fourth-order valence-electron chi connectivity index (χ4n) is 2.93. The number of methoxy groups -OCH3 is 2. The first-order valence-corrected chi connectivity index (χ1v) is 7.89. The van der Waals surface area contributed by atoms with E-state index < -0.39 is 22.8 Å². The van der Waals surface area contributed by atoms with Gasteiger partial charge in [0.25, 0.3) is 11.6 Å². The Morgan fingerprint density at radius 2 is 1.92 bits per heavy atom. The van der Waals surface area contributed by atoms with Crippen LogP contribution in [0.15, 0.2) is 30.3 Å². The standard InChI is InChI=1S/C18H20N2O6/c1-11-9-13-7-5-6-8-14(13)17(16(11)20(23)24)19(15(21)10-25-3)12(2)18(22)26-4/h5-9,12H,10H2,1-4H3. The van der Waals surface area contributed by atoms with Gasteiger partial charge in [0.2, 0.25) is 0 Å². The molecule has 0 saturated carbocycles. The second-order valence-corrected chi connectivity index (χ2v) is 5.76. The Labute approximate surface area is 150 Å². The van der Waals surface area contributed by atoms with Gasteiger partial charge in [0.05, 0.1) is 12.0 Å². The van der Waals surface area contributed by atoms with E-state index in [2.05, 4.69) is 0 Å². The SMILES string of the molecule is COCC(=O)N(c1c([N+](=O)[O-])c(C)cc2ccccc12)C(C)C(=O)OC. The molecule has 0 spiro atoms. The minimum absolute atomic E-state index is 0.0607. The number of amides is 1. The lowest BCUT2D eigenvalue weighted by atomic mass is 10.0. The minimum Gasteiger partial charge on any atom is -0.467 e. The molecular weight excluding hydrogens is 340 g/mol. The first-order chi connectivity index (χ1) is 12.3. The lowest BCUT2D eigenvalue weighted by Gasteiger charge is -2.28. The van der Waals surface area contributed by atoms with Crippen LogP contribution in [0.5, 0.6) is 0 Å². The van der Waals surface area contributed by atoms with Crippen molar-refractivity contribution in [2.24, 2.45) is 0 Å². The summed E-state index contributed by atoms with van der Waals surface area (Å²) in [5.74, 6) is -1.27. The zero-order valence-corrected chi connectivity index (χ0v) is 15.0. The van der Waals surface area contributed by atoms with Gasteiger partial charge >= 0.3 is 5.97 Å². The maximum Gasteiger partial charge on any atom is 0.328 e. The summed E-state index contributed by atoms with van der Waals surface area (Å²) in [6.07, 6.45) is 0. The van der Waals surface area contributed by atoms with Crippen molar-refractivity contribution in [3.63, 3.8) is 0 Å². The lowest BCUT2D eigenvalue weighted by molar-refractivity contribution is -0.384. The third-order valence-corrected chi connectivity index (χ3v) is 4.08. The molecule has 0 heterocycles. The Balaban J connectivity index is 2.87. The number of rotatable bonds is 6. The first-order valence-electron chi connectivity index (χ1n) is 7.89. The van der Waals surface area contributed by atoms with E-state index in [0.29, 0.717) is 10.9 Å². The Morgan fingerprint density at radius 3 is 2.50 bits per heavy atom. The number of nitro benzene ring substituents is 1. The van der Waals surface area contributed by atoms with Gasteiger partial charge < -0.3 is 9.47 Å². The van der Waals surface area contributed by atoms with Crippen molar-refractivity contribution in [2.75, 3.05) is 25.7 Å². The number of carbonyl (C=O) groups excluding carboxylic acids is 2. The van der Waals surface area contributed by atoms with Gasteiger partial charge in [-0.2, -0.15) is 0 Å². The molecule has 8 heteroatoms. The van der Waals surface area contributed by atoms with E-state index in [1.165, 1.54) is 21.1 Å². The fourth-order valence-corrected chi connectivity index (χ4v) is 2.93. The van der Waals surface area contributed by atoms with Crippen molar-refractivity contribution in [2.45, 2.75) is 19.9 Å². The molecule has 0 aliphatic carbocycles. The largest absolute Gasteiger partial charge is 0.467 e. The number of esters is 1. The molecule has 0 aromatic heterocycles. The summed E-state index contributed by atoms with van der Waals surface area (Å²) >= 11 is 0. The maximum absolute atomic E-state index is 12.7. The van der Waals surface area contributed by atoms with Crippen molar-refractivity contribution >= 4 is 34.0 Å². The van der Waals surface area contributed by atoms with Crippen molar-refractivity contribution in [1.29, 1.82) is 0 Å². The van der Waals surface area contributed by atoms with Crippen LogP contribution in [0.2, 0.25) is 0 Å². The number of benzene rings is 2. The normalized spacial score (nSPS) is 11.8. The average Bonchev–Trinajstić information content (AvgIpc) is 2.60. The zero-order valence-electron chi connectivity index (χ0n) is 15.0. The van der Waals surface area contributed by atoms with Crippen molar-refractivity contribution in [3.8, 4) is 0 Å². The summed E-state index contributed by atoms with van der Waals surface area (Å²) in [5, 5.41) is 13.0. The van der Waals surface area contributed by atoms with E-state index in [1.807, 2.05) is 0 Å². The minimum atomic E-state index is -1.06. The number of ether oxygens (including phenoxy) is 2. The van der Waals surface area contributed by atoms with Gasteiger partial charge in [0.1, 0.15) is 18.3 Å². The molecule has 26 heavy (non-hydrogen) atoms. The smallest absolute Gasteiger partial charge is 0.328 e. The molecule has 1 unspecified atom stereocenters. The van der Waals surface area contributed by atoms with Crippen molar-refractivity contribution in [3.05, 3.63) is 46.0 Å². The van der Waals surface area contributed by atoms with Crippen LogP contribution in [-0.4, -0.2) is 43.7 Å². The topological polar surface area (TPSA) is 99.0 Å². The van der Waals surface area contributed by atoms with Gasteiger partial charge in [-0.1, -0.05) is 24.3 Å². The number of anilines is 1. The van der Waals surface area contributed by atoms with E-state index >= 15 is 0 Å². The Bertz CT molecular complexity index is 864. The summed E-state index contributed by atoms with van der Waals surface area (Å²) in [6, 6.07) is 7.59. The fraction of sp³-hybridized carbons (Fsp3) is 0.333. The van der Waals surface area contributed by atoms with Gasteiger partial charge in [0, 0.05) is 18.1 Å². The number of hydrogen-bond acceptors (Lipinski definition) is 6. The molecule has 2 aromatic rings. The predicted octanol–water partition coefficient (Wildman–Crippen LogP) is 2.60. The van der Waals surface area contributed by atoms with Crippen LogP contribution in [0.3, 0.4) is 0 Å². The molecule has 2 aromatic carbocycles. The number of aryl methyl sites for hydroxylation is 1. The number of fused-ring (bicyclic) bond motifs is 1. The molecule has 8 nitrogen and oxygen atoms in total. The van der Waals surface area contributed by atoms with Crippen LogP contribution in [-0.2, 0) is 19.1 Å². The highest BCUT2D eigenvalue weighted by Crippen LogP contribution is 2.40. The molecular formula is C18H20N2O6. The summed E-state index contributed by atoms with van der Waals surface area (Å²) < 4.78 is 9.64. The lowest BCUT2D eigenvalue weighted by Crippen LogP contribution is -2.46. The van der Waals surface area contributed by atoms with Crippen LogP contribution >= 0.6 is 0 Å². The number of hydrogen-bond donors (Lipinski definition) is 0. The second kappa shape index (κ2) is 7.92. The van der Waals surface area contributed by atoms with E-state index in [-0.39, 0.29) is 18.0 Å². The Hall–Kier alpha value is -3.00. The highest BCUT2D eigenvalue weighted by molar-refractivity contribution is 6.10. The van der Waals surface area contributed by atoms with Gasteiger partial charge in [-0.3, -0.25) is 19.8 Å². The van der Waals surface area contributed by atoms with Crippen LogP contribution in [0, 0.1) is 17.0 Å². The van der Waals surface area contributed by atoms with E-state index in [9.17, 15) is 19.7 Å². The van der Waals surface area contributed by atoms with Gasteiger partial charge in [0.15, 0.2) is 0 Å². The summed E-state index contributed by atoms with van der Waals surface area (Å²) in [5.41, 5.74) is 0.213. The van der Waals surface area contributed by atoms with Gasteiger partial charge in [-0.25, -0.2) is 4.79 Å². The molecule has 0 aliphatic rings. The predicted molar refractivity (Wildman–Crippen MR) is 96.2 cm³/mol. The van der Waals surface area contributed by atoms with E-state index in [1.54, 1.807) is 37.3 Å². The highest BCUT2D eigenvalue weighted by Gasteiger charge is 2.35. The molecule has 2 rings (SSSR count). The monoisotopic (exact) mass is 360 g/mol.